The van der Waals surface area contributed by atoms with Gasteiger partial charge in [0.2, 0.25) is 0 Å². The summed E-state index contributed by atoms with van der Waals surface area (Å²) in [4.78, 5) is 16.4. The number of aryl methyl sites for hydroxylation is 1. The highest BCUT2D eigenvalue weighted by atomic mass is 16.1. The molecule has 0 N–H and O–H groups in total. The second-order valence-electron chi connectivity index (χ2n) is 5.86. The number of hydrogen-bond acceptors (Lipinski definition) is 2. The van der Waals surface area contributed by atoms with Crippen molar-refractivity contribution in [1.82, 2.24) is 9.55 Å². The number of fused-ring (bicyclic) bond motifs is 1. The van der Waals surface area contributed by atoms with Gasteiger partial charge >= 0.3 is 5.69 Å². The van der Waals surface area contributed by atoms with Crippen LogP contribution in [-0.2, 0) is 13.0 Å². The Morgan fingerprint density at radius 3 is 2.50 bits per heavy atom. The first-order valence-corrected chi connectivity index (χ1v) is 6.41. The first-order valence-electron chi connectivity index (χ1n) is 6.41. The monoisotopic (exact) mass is 244 g/mol. The minimum atomic E-state index is -0.138. The van der Waals surface area contributed by atoms with Crippen LogP contribution in [0.15, 0.2) is 29.1 Å². The Morgan fingerprint density at radius 1 is 1.22 bits per heavy atom. The van der Waals surface area contributed by atoms with Crippen LogP contribution in [0.25, 0.3) is 10.9 Å². The summed E-state index contributed by atoms with van der Waals surface area (Å²) in [5.41, 5.74) is 1.80. The van der Waals surface area contributed by atoms with Crippen LogP contribution in [0, 0.1) is 5.41 Å². The fourth-order valence-electron chi connectivity index (χ4n) is 2.19. The van der Waals surface area contributed by atoms with Gasteiger partial charge in [-0.1, -0.05) is 45.9 Å². The highest BCUT2D eigenvalue weighted by molar-refractivity contribution is 5.81. The zero-order valence-corrected chi connectivity index (χ0v) is 11.5. The Kier molecular flexibility index (Phi) is 3.24. The predicted octanol–water partition coefficient (Wildman–Crippen LogP) is 3.01. The summed E-state index contributed by atoms with van der Waals surface area (Å²) in [6.07, 6.45) is 0.784. The van der Waals surface area contributed by atoms with E-state index in [1.807, 2.05) is 31.2 Å². The molecule has 0 aliphatic carbocycles. The van der Waals surface area contributed by atoms with Crippen LogP contribution in [-0.4, -0.2) is 9.55 Å². The molecule has 0 saturated heterocycles. The Hall–Kier alpha value is -1.64. The van der Waals surface area contributed by atoms with Gasteiger partial charge in [0, 0.05) is 11.9 Å². The van der Waals surface area contributed by atoms with Gasteiger partial charge in [-0.2, -0.15) is 4.98 Å². The molecule has 0 aliphatic heterocycles. The van der Waals surface area contributed by atoms with Crippen LogP contribution in [0.5, 0.6) is 0 Å². The molecule has 0 bridgehead atoms. The van der Waals surface area contributed by atoms with Crippen molar-refractivity contribution in [3.8, 4) is 0 Å². The molecular weight excluding hydrogens is 224 g/mol. The molecule has 3 nitrogen and oxygen atoms in total. The molecule has 0 unspecified atom stereocenters. The van der Waals surface area contributed by atoms with E-state index < -0.39 is 0 Å². The number of benzene rings is 1. The maximum Gasteiger partial charge on any atom is 0.348 e. The lowest BCUT2D eigenvalue weighted by molar-refractivity contribution is 0.341. The maximum atomic E-state index is 12.1. The fourth-order valence-corrected chi connectivity index (χ4v) is 2.19. The topological polar surface area (TPSA) is 34.9 Å². The van der Waals surface area contributed by atoms with Gasteiger partial charge in [0.25, 0.3) is 0 Å². The number of rotatable bonds is 2. The normalized spacial score (nSPS) is 12.0. The largest absolute Gasteiger partial charge is 0.348 e. The van der Waals surface area contributed by atoms with Gasteiger partial charge in [-0.15, -0.1) is 0 Å². The summed E-state index contributed by atoms with van der Waals surface area (Å²) in [5, 5.41) is 1.09. The average Bonchev–Trinajstić information content (AvgIpc) is 2.31. The molecule has 0 atom stereocenters. The zero-order chi connectivity index (χ0) is 13.3. The summed E-state index contributed by atoms with van der Waals surface area (Å²) >= 11 is 0. The molecule has 0 saturated carbocycles. The van der Waals surface area contributed by atoms with Crippen molar-refractivity contribution >= 4 is 10.9 Å². The molecule has 1 heterocycles. The van der Waals surface area contributed by atoms with Crippen LogP contribution in [0.2, 0.25) is 0 Å². The molecular formula is C15H20N2O. The highest BCUT2D eigenvalue weighted by Gasteiger charge is 2.16. The summed E-state index contributed by atoms with van der Waals surface area (Å²) < 4.78 is 1.79. The zero-order valence-electron chi connectivity index (χ0n) is 11.5. The van der Waals surface area contributed by atoms with E-state index in [1.54, 1.807) is 4.57 Å². The van der Waals surface area contributed by atoms with Crippen molar-refractivity contribution < 1.29 is 0 Å². The average molecular weight is 244 g/mol. The highest BCUT2D eigenvalue weighted by Crippen LogP contribution is 2.20. The third-order valence-electron chi connectivity index (χ3n) is 2.93. The second-order valence-corrected chi connectivity index (χ2v) is 5.86. The van der Waals surface area contributed by atoms with Gasteiger partial charge in [-0.25, -0.2) is 4.79 Å². The van der Waals surface area contributed by atoms with Gasteiger partial charge in [-0.3, -0.25) is 4.57 Å². The first kappa shape index (κ1) is 12.8. The van der Waals surface area contributed by atoms with Crippen LogP contribution in [0.1, 0.15) is 33.4 Å². The molecule has 18 heavy (non-hydrogen) atoms. The van der Waals surface area contributed by atoms with Crippen molar-refractivity contribution in [2.45, 2.75) is 40.7 Å². The van der Waals surface area contributed by atoms with E-state index in [9.17, 15) is 4.79 Å². The Labute approximate surface area is 107 Å². The molecule has 1 aromatic heterocycles. The Bertz CT molecular complexity index is 620. The summed E-state index contributed by atoms with van der Waals surface area (Å²) in [5.74, 6) is 0. The molecule has 0 spiro atoms. The summed E-state index contributed by atoms with van der Waals surface area (Å²) in [6.45, 7) is 9.09. The molecule has 0 amide bonds. The molecule has 2 aromatic rings. The standard InChI is InChI=1S/C15H20N2O/c1-5-12-11-8-6-7-9-13(11)17(14(18)16-12)10-15(2,3)4/h6-9H,5,10H2,1-4H3. The van der Waals surface area contributed by atoms with E-state index in [-0.39, 0.29) is 11.1 Å². The lowest BCUT2D eigenvalue weighted by atomic mass is 9.96. The van der Waals surface area contributed by atoms with E-state index in [4.69, 9.17) is 0 Å². The lowest BCUT2D eigenvalue weighted by Gasteiger charge is -2.21. The van der Waals surface area contributed by atoms with Gasteiger partial charge in [-0.05, 0) is 17.9 Å². The van der Waals surface area contributed by atoms with E-state index >= 15 is 0 Å². The smallest absolute Gasteiger partial charge is 0.291 e. The fraction of sp³-hybridized carbons (Fsp3) is 0.467. The quantitative estimate of drug-likeness (QED) is 0.814. The molecule has 0 fully saturated rings. The number of aromatic nitrogens is 2. The van der Waals surface area contributed by atoms with Crippen molar-refractivity contribution in [1.29, 1.82) is 0 Å². The van der Waals surface area contributed by atoms with E-state index in [0.717, 1.165) is 23.0 Å². The van der Waals surface area contributed by atoms with E-state index in [0.29, 0.717) is 6.54 Å². The Balaban J connectivity index is 2.74. The third kappa shape index (κ3) is 2.45. The van der Waals surface area contributed by atoms with E-state index in [2.05, 4.69) is 25.8 Å². The maximum absolute atomic E-state index is 12.1. The second kappa shape index (κ2) is 4.56. The molecule has 0 radical (unpaired) electrons. The number of nitrogens with zero attached hydrogens (tertiary/aromatic N) is 2. The van der Waals surface area contributed by atoms with Crippen LogP contribution in [0.4, 0.5) is 0 Å². The third-order valence-corrected chi connectivity index (χ3v) is 2.93. The van der Waals surface area contributed by atoms with Crippen LogP contribution in [0.3, 0.4) is 0 Å². The molecule has 0 aliphatic rings. The minimum absolute atomic E-state index is 0.0575. The predicted molar refractivity (Wildman–Crippen MR) is 74.8 cm³/mol. The van der Waals surface area contributed by atoms with Gasteiger partial charge < -0.3 is 0 Å². The number of hydrogen-bond donors (Lipinski definition) is 0. The van der Waals surface area contributed by atoms with Crippen molar-refractivity contribution in [3.63, 3.8) is 0 Å². The SMILES string of the molecule is CCc1nc(=O)n(CC(C)(C)C)c2ccccc12. The first-order chi connectivity index (χ1) is 8.42. The molecule has 96 valence electrons. The van der Waals surface area contributed by atoms with Crippen molar-refractivity contribution in [2.24, 2.45) is 5.41 Å². The summed E-state index contributed by atoms with van der Waals surface area (Å²) in [7, 11) is 0. The van der Waals surface area contributed by atoms with Gasteiger partial charge in [0.05, 0.1) is 11.2 Å². The van der Waals surface area contributed by atoms with Crippen molar-refractivity contribution in [3.05, 3.63) is 40.4 Å². The minimum Gasteiger partial charge on any atom is -0.291 e. The van der Waals surface area contributed by atoms with Crippen LogP contribution >= 0.6 is 0 Å². The van der Waals surface area contributed by atoms with Crippen molar-refractivity contribution in [2.75, 3.05) is 0 Å². The van der Waals surface area contributed by atoms with Gasteiger partial charge in [0.15, 0.2) is 0 Å². The molecule has 2 rings (SSSR count). The Morgan fingerprint density at radius 2 is 1.89 bits per heavy atom. The molecule has 3 heteroatoms. The summed E-state index contributed by atoms with van der Waals surface area (Å²) in [6, 6.07) is 8.01. The number of para-hydroxylation sites is 1. The van der Waals surface area contributed by atoms with Crippen LogP contribution < -0.4 is 5.69 Å². The lowest BCUT2D eigenvalue weighted by Crippen LogP contribution is -2.29. The van der Waals surface area contributed by atoms with E-state index in [1.165, 1.54) is 0 Å². The molecule has 1 aromatic carbocycles. The van der Waals surface area contributed by atoms with Gasteiger partial charge in [0.1, 0.15) is 0 Å².